The number of aromatic nitrogens is 1. The maximum absolute atomic E-state index is 12.1. The second-order valence-electron chi connectivity index (χ2n) is 5.45. The molecular weight excluding hydrogens is 266 g/mol. The van der Waals surface area contributed by atoms with E-state index in [1.165, 1.54) is 22.8 Å². The number of rotatable bonds is 1. The number of nitrogens with zero attached hydrogens (tertiary/aromatic N) is 3. The van der Waals surface area contributed by atoms with Crippen LogP contribution in [0, 0.1) is 10.1 Å². The van der Waals surface area contributed by atoms with E-state index in [1.807, 2.05) is 0 Å². The summed E-state index contributed by atoms with van der Waals surface area (Å²) in [5.74, 6) is 0.174. The second-order valence-corrected chi connectivity index (χ2v) is 5.45. The minimum Gasteiger partial charge on any atom is -0.443 e. The molecule has 0 saturated carbocycles. The maximum Gasteiger partial charge on any atom is 0.421 e. The van der Waals surface area contributed by atoms with E-state index < -0.39 is 22.8 Å². The molecule has 0 fully saturated rings. The Balaban J connectivity index is 2.43. The molecule has 0 aliphatic carbocycles. The van der Waals surface area contributed by atoms with Crippen molar-refractivity contribution in [3.63, 3.8) is 0 Å². The molecule has 20 heavy (non-hydrogen) atoms. The number of fused-ring (bicyclic) bond motifs is 1. The smallest absolute Gasteiger partial charge is 0.421 e. The molecule has 0 aromatic carbocycles. The van der Waals surface area contributed by atoms with Crippen LogP contribution < -0.4 is 10.5 Å². The fourth-order valence-corrected chi connectivity index (χ4v) is 1.99. The number of carbonyl (C=O) groups is 1. The van der Waals surface area contributed by atoms with Gasteiger partial charge in [-0.2, -0.15) is 4.90 Å². The van der Waals surface area contributed by atoms with Gasteiger partial charge in [-0.05, 0) is 26.8 Å². The molecule has 0 N–H and O–H groups in total. The SMILES string of the molecule is CC(C)(C)OC(=O)N1c2cccc(=O)n2CC1[N+](=O)[O-]. The number of hydrogen-bond donors (Lipinski definition) is 0. The first-order chi connectivity index (χ1) is 9.20. The molecule has 8 heteroatoms. The Morgan fingerprint density at radius 2 is 2.10 bits per heavy atom. The van der Waals surface area contributed by atoms with Crippen LogP contribution in [0.1, 0.15) is 20.8 Å². The molecule has 1 aliphatic rings. The van der Waals surface area contributed by atoms with E-state index in [2.05, 4.69) is 0 Å². The van der Waals surface area contributed by atoms with Crippen molar-refractivity contribution in [2.75, 3.05) is 4.90 Å². The highest BCUT2D eigenvalue weighted by molar-refractivity contribution is 5.88. The first-order valence-electron chi connectivity index (χ1n) is 6.06. The van der Waals surface area contributed by atoms with Gasteiger partial charge in [0.25, 0.3) is 5.56 Å². The summed E-state index contributed by atoms with van der Waals surface area (Å²) in [4.78, 5) is 35.2. The normalized spacial score (nSPS) is 17.8. The second kappa shape index (κ2) is 4.62. The third-order valence-corrected chi connectivity index (χ3v) is 2.75. The monoisotopic (exact) mass is 281 g/mol. The summed E-state index contributed by atoms with van der Waals surface area (Å²) in [5, 5.41) is 11.1. The van der Waals surface area contributed by atoms with E-state index in [9.17, 15) is 19.7 Å². The molecule has 8 nitrogen and oxygen atoms in total. The number of nitro groups is 1. The lowest BCUT2D eigenvalue weighted by atomic mass is 10.2. The summed E-state index contributed by atoms with van der Waals surface area (Å²) in [6.45, 7) is 4.82. The molecule has 2 rings (SSSR count). The summed E-state index contributed by atoms with van der Waals surface area (Å²) in [6, 6.07) is 4.22. The average Bonchev–Trinajstić information content (AvgIpc) is 2.67. The molecule has 1 unspecified atom stereocenters. The Morgan fingerprint density at radius 3 is 2.65 bits per heavy atom. The number of hydrogen-bond acceptors (Lipinski definition) is 5. The van der Waals surface area contributed by atoms with E-state index in [-0.39, 0.29) is 17.9 Å². The van der Waals surface area contributed by atoms with Crippen molar-refractivity contribution in [1.29, 1.82) is 0 Å². The van der Waals surface area contributed by atoms with Crippen LogP contribution >= 0.6 is 0 Å². The van der Waals surface area contributed by atoms with Crippen molar-refractivity contribution in [3.8, 4) is 0 Å². The Labute approximate surface area is 114 Å². The molecule has 1 aromatic rings. The van der Waals surface area contributed by atoms with Crippen LogP contribution in [-0.2, 0) is 11.3 Å². The first-order valence-corrected chi connectivity index (χ1v) is 6.06. The van der Waals surface area contributed by atoms with Crippen LogP contribution in [0.25, 0.3) is 0 Å². The van der Waals surface area contributed by atoms with Gasteiger partial charge in [0, 0.05) is 11.0 Å². The molecule has 1 aromatic heterocycles. The molecule has 2 heterocycles. The quantitative estimate of drug-likeness (QED) is 0.569. The third kappa shape index (κ3) is 2.49. The Kier molecular flexibility index (Phi) is 3.24. The van der Waals surface area contributed by atoms with E-state index >= 15 is 0 Å². The van der Waals surface area contributed by atoms with Crippen LogP contribution in [0.5, 0.6) is 0 Å². The minimum absolute atomic E-state index is 0.174. The highest BCUT2D eigenvalue weighted by atomic mass is 16.6. The van der Waals surface area contributed by atoms with Gasteiger partial charge in [-0.1, -0.05) is 6.07 Å². The molecule has 0 bridgehead atoms. The van der Waals surface area contributed by atoms with Gasteiger partial charge in [0.05, 0.1) is 0 Å². The molecule has 0 spiro atoms. The van der Waals surface area contributed by atoms with Crippen molar-refractivity contribution >= 4 is 11.9 Å². The zero-order valence-electron chi connectivity index (χ0n) is 11.4. The summed E-state index contributed by atoms with van der Waals surface area (Å²) in [7, 11) is 0. The van der Waals surface area contributed by atoms with Crippen molar-refractivity contribution in [2.24, 2.45) is 0 Å². The van der Waals surface area contributed by atoms with Gasteiger partial charge in [0.1, 0.15) is 18.0 Å². The largest absolute Gasteiger partial charge is 0.443 e. The van der Waals surface area contributed by atoms with Crippen LogP contribution in [0.2, 0.25) is 0 Å². The van der Waals surface area contributed by atoms with Gasteiger partial charge >= 0.3 is 12.3 Å². The fraction of sp³-hybridized carbons (Fsp3) is 0.500. The number of amides is 1. The Bertz CT molecular complexity index is 616. The van der Waals surface area contributed by atoms with Crippen molar-refractivity contribution < 1.29 is 14.5 Å². The molecule has 108 valence electrons. The van der Waals surface area contributed by atoms with Gasteiger partial charge in [-0.25, -0.2) is 4.79 Å². The predicted octanol–water partition coefficient (Wildman–Crippen LogP) is 1.21. The lowest BCUT2D eigenvalue weighted by Gasteiger charge is -2.24. The number of ether oxygens (including phenoxy) is 1. The zero-order chi connectivity index (χ0) is 15.1. The number of anilines is 1. The van der Waals surface area contributed by atoms with Crippen LogP contribution in [0.4, 0.5) is 10.6 Å². The van der Waals surface area contributed by atoms with Crippen LogP contribution in [0.15, 0.2) is 23.0 Å². The first kappa shape index (κ1) is 14.0. The summed E-state index contributed by atoms with van der Waals surface area (Å²) in [6.07, 6.45) is -2.17. The van der Waals surface area contributed by atoms with E-state index in [1.54, 1.807) is 20.8 Å². The zero-order valence-corrected chi connectivity index (χ0v) is 11.4. The molecule has 0 radical (unpaired) electrons. The molecule has 1 aliphatic heterocycles. The molecule has 1 atom stereocenters. The van der Waals surface area contributed by atoms with Gasteiger partial charge in [-0.15, -0.1) is 0 Å². The fourth-order valence-electron chi connectivity index (χ4n) is 1.99. The number of carbonyl (C=O) groups excluding carboxylic acids is 1. The van der Waals surface area contributed by atoms with Crippen LogP contribution in [-0.4, -0.2) is 27.4 Å². The Hall–Kier alpha value is -2.38. The van der Waals surface area contributed by atoms with Crippen molar-refractivity contribution in [3.05, 3.63) is 38.7 Å². The Morgan fingerprint density at radius 1 is 1.45 bits per heavy atom. The van der Waals surface area contributed by atoms with Gasteiger partial charge in [-0.3, -0.25) is 19.5 Å². The summed E-state index contributed by atoms with van der Waals surface area (Å²) >= 11 is 0. The van der Waals surface area contributed by atoms with E-state index in [0.717, 1.165) is 4.90 Å². The molecule has 0 saturated heterocycles. The van der Waals surface area contributed by atoms with E-state index in [4.69, 9.17) is 4.74 Å². The highest BCUT2D eigenvalue weighted by Crippen LogP contribution is 2.26. The van der Waals surface area contributed by atoms with Gasteiger partial charge in [0.15, 0.2) is 0 Å². The van der Waals surface area contributed by atoms with Crippen LogP contribution in [0.3, 0.4) is 0 Å². The predicted molar refractivity (Wildman–Crippen MR) is 70.2 cm³/mol. The number of pyridine rings is 1. The topological polar surface area (TPSA) is 94.7 Å². The minimum atomic E-state index is -1.33. The van der Waals surface area contributed by atoms with Gasteiger partial charge < -0.3 is 4.74 Å². The average molecular weight is 281 g/mol. The molecule has 1 amide bonds. The summed E-state index contributed by atoms with van der Waals surface area (Å²) < 4.78 is 6.36. The molecular formula is C12H15N3O5. The lowest BCUT2D eigenvalue weighted by Crippen LogP contribution is -2.45. The van der Waals surface area contributed by atoms with Crippen molar-refractivity contribution in [2.45, 2.75) is 39.1 Å². The highest BCUT2D eigenvalue weighted by Gasteiger charge is 2.44. The standard InChI is InChI=1S/C12H15N3O5/c1-12(2,3)20-11(17)14-8-5-4-6-10(16)13(8)7-9(14)15(18)19/h4-6,9H,7H2,1-3H3. The summed E-state index contributed by atoms with van der Waals surface area (Å²) in [5.41, 5.74) is -1.17. The maximum atomic E-state index is 12.1. The van der Waals surface area contributed by atoms with Gasteiger partial charge in [0.2, 0.25) is 0 Å². The third-order valence-electron chi connectivity index (χ3n) is 2.75. The lowest BCUT2D eigenvalue weighted by molar-refractivity contribution is -0.519. The van der Waals surface area contributed by atoms with Crippen molar-refractivity contribution in [1.82, 2.24) is 4.57 Å². The van der Waals surface area contributed by atoms with E-state index in [0.29, 0.717) is 0 Å².